The van der Waals surface area contributed by atoms with Gasteiger partial charge in [0.05, 0.1) is 5.41 Å². The van der Waals surface area contributed by atoms with Crippen LogP contribution < -0.4 is 5.32 Å². The van der Waals surface area contributed by atoms with Gasteiger partial charge in [-0.2, -0.15) is 0 Å². The molecule has 0 aromatic carbocycles. The fourth-order valence-electron chi connectivity index (χ4n) is 2.41. The van der Waals surface area contributed by atoms with Crippen LogP contribution in [0, 0.1) is 5.41 Å². The van der Waals surface area contributed by atoms with Crippen molar-refractivity contribution in [3.05, 3.63) is 0 Å². The lowest BCUT2D eigenvalue weighted by atomic mass is 9.79. The number of piperidine rings is 1. The summed E-state index contributed by atoms with van der Waals surface area (Å²) < 4.78 is 5.53. The van der Waals surface area contributed by atoms with E-state index in [0.29, 0.717) is 0 Å². The summed E-state index contributed by atoms with van der Waals surface area (Å²) in [6, 6.07) is 0. The molecule has 0 atom stereocenters. The van der Waals surface area contributed by atoms with Crippen molar-refractivity contribution in [3.8, 4) is 0 Å². The second-order valence-corrected chi connectivity index (χ2v) is 4.88. The van der Waals surface area contributed by atoms with E-state index in [1.165, 1.54) is 0 Å². The van der Waals surface area contributed by atoms with Crippen LogP contribution in [-0.2, 0) is 9.53 Å². The molecular formula is C10H17NO2. The molecule has 0 bridgehead atoms. The second-order valence-electron chi connectivity index (χ2n) is 4.88. The fraction of sp³-hybridized carbons (Fsp3) is 0.900. The molecule has 1 N–H and O–H groups in total. The Hall–Kier alpha value is -0.570. The smallest absolute Gasteiger partial charge is 0.312 e. The molecule has 1 spiro atoms. The molecule has 2 heterocycles. The number of rotatable bonds is 0. The van der Waals surface area contributed by atoms with Crippen molar-refractivity contribution >= 4 is 5.97 Å². The van der Waals surface area contributed by atoms with Crippen molar-refractivity contribution in [1.29, 1.82) is 0 Å². The van der Waals surface area contributed by atoms with Crippen LogP contribution in [0.4, 0.5) is 0 Å². The fourth-order valence-corrected chi connectivity index (χ4v) is 2.41. The van der Waals surface area contributed by atoms with Crippen LogP contribution in [0.5, 0.6) is 0 Å². The summed E-state index contributed by atoms with van der Waals surface area (Å²) in [6.07, 6.45) is 2.84. The van der Waals surface area contributed by atoms with Crippen LogP contribution in [0.1, 0.15) is 33.1 Å². The standard InChI is InChI=1S/C10H17NO2/c1-9(2)7-10(13-8(9)12)3-5-11-6-4-10/h11H,3-7H2,1-2H3. The summed E-state index contributed by atoms with van der Waals surface area (Å²) in [5.41, 5.74) is -0.400. The number of nitrogens with one attached hydrogen (secondary N) is 1. The molecule has 74 valence electrons. The van der Waals surface area contributed by atoms with Crippen molar-refractivity contribution in [2.24, 2.45) is 5.41 Å². The molecular weight excluding hydrogens is 166 g/mol. The highest BCUT2D eigenvalue weighted by molar-refractivity contribution is 5.78. The highest BCUT2D eigenvalue weighted by Crippen LogP contribution is 2.44. The molecule has 0 aromatic heterocycles. The molecule has 3 heteroatoms. The largest absolute Gasteiger partial charge is 0.459 e. The van der Waals surface area contributed by atoms with Gasteiger partial charge in [-0.15, -0.1) is 0 Å². The van der Waals surface area contributed by atoms with Gasteiger partial charge in [0.15, 0.2) is 0 Å². The Kier molecular flexibility index (Phi) is 1.88. The Balaban J connectivity index is 2.14. The summed E-state index contributed by atoms with van der Waals surface area (Å²) in [7, 11) is 0. The molecule has 2 fully saturated rings. The molecule has 2 aliphatic rings. The lowest BCUT2D eigenvalue weighted by molar-refractivity contribution is -0.154. The molecule has 2 rings (SSSR count). The van der Waals surface area contributed by atoms with E-state index in [0.717, 1.165) is 32.4 Å². The first-order chi connectivity index (χ1) is 6.04. The van der Waals surface area contributed by atoms with E-state index in [1.54, 1.807) is 0 Å². The van der Waals surface area contributed by atoms with Crippen LogP contribution in [0.3, 0.4) is 0 Å². The van der Waals surface area contributed by atoms with Gasteiger partial charge >= 0.3 is 5.97 Å². The van der Waals surface area contributed by atoms with E-state index in [9.17, 15) is 4.79 Å². The number of carbonyl (C=O) groups excluding carboxylic acids is 1. The van der Waals surface area contributed by atoms with E-state index < -0.39 is 0 Å². The van der Waals surface area contributed by atoms with Gasteiger partial charge in [0.2, 0.25) is 0 Å². The quantitative estimate of drug-likeness (QED) is 0.571. The first-order valence-corrected chi connectivity index (χ1v) is 4.98. The average Bonchev–Trinajstić information content (AvgIpc) is 2.23. The van der Waals surface area contributed by atoms with Crippen molar-refractivity contribution in [1.82, 2.24) is 5.32 Å². The molecule has 0 aromatic rings. The zero-order valence-corrected chi connectivity index (χ0v) is 8.35. The van der Waals surface area contributed by atoms with Gasteiger partial charge in [-0.1, -0.05) is 0 Å². The first kappa shape index (κ1) is 9.00. The normalized spacial score (nSPS) is 30.5. The molecule has 0 saturated carbocycles. The van der Waals surface area contributed by atoms with Crippen LogP contribution in [0.25, 0.3) is 0 Å². The number of esters is 1. The molecule has 0 amide bonds. The highest BCUT2D eigenvalue weighted by Gasteiger charge is 2.51. The van der Waals surface area contributed by atoms with Crippen LogP contribution in [0.15, 0.2) is 0 Å². The van der Waals surface area contributed by atoms with Gasteiger partial charge in [-0.3, -0.25) is 4.79 Å². The zero-order chi connectivity index (χ0) is 9.53. The predicted molar refractivity (Wildman–Crippen MR) is 49.3 cm³/mol. The Bertz CT molecular complexity index is 229. The second kappa shape index (κ2) is 2.71. The van der Waals surface area contributed by atoms with Crippen LogP contribution in [-0.4, -0.2) is 24.7 Å². The Morgan fingerprint density at radius 1 is 1.31 bits per heavy atom. The number of ether oxygens (including phenoxy) is 1. The van der Waals surface area contributed by atoms with Gasteiger partial charge in [0, 0.05) is 6.42 Å². The van der Waals surface area contributed by atoms with Crippen LogP contribution in [0.2, 0.25) is 0 Å². The molecule has 3 nitrogen and oxygen atoms in total. The number of carbonyl (C=O) groups is 1. The third-order valence-electron chi connectivity index (χ3n) is 3.14. The molecule has 0 unspecified atom stereocenters. The maximum Gasteiger partial charge on any atom is 0.312 e. The molecule has 0 radical (unpaired) electrons. The number of hydrogen-bond acceptors (Lipinski definition) is 3. The predicted octanol–water partition coefficient (Wildman–Crippen LogP) is 1.08. The monoisotopic (exact) mass is 183 g/mol. The van der Waals surface area contributed by atoms with Crippen molar-refractivity contribution in [2.75, 3.05) is 13.1 Å². The third-order valence-corrected chi connectivity index (χ3v) is 3.14. The first-order valence-electron chi connectivity index (χ1n) is 4.98. The van der Waals surface area contributed by atoms with E-state index >= 15 is 0 Å². The lowest BCUT2D eigenvalue weighted by Crippen LogP contribution is -2.41. The Morgan fingerprint density at radius 2 is 1.92 bits per heavy atom. The molecule has 2 saturated heterocycles. The van der Waals surface area contributed by atoms with E-state index in [2.05, 4.69) is 5.32 Å². The van der Waals surface area contributed by atoms with Gasteiger partial charge < -0.3 is 10.1 Å². The van der Waals surface area contributed by atoms with Gasteiger partial charge in [0.25, 0.3) is 0 Å². The molecule has 13 heavy (non-hydrogen) atoms. The minimum absolute atomic E-state index is 0.0191. The Labute approximate surface area is 78.8 Å². The van der Waals surface area contributed by atoms with Crippen molar-refractivity contribution < 1.29 is 9.53 Å². The van der Waals surface area contributed by atoms with Gasteiger partial charge in [-0.05, 0) is 39.8 Å². The van der Waals surface area contributed by atoms with Crippen molar-refractivity contribution in [3.63, 3.8) is 0 Å². The number of hydrogen-bond donors (Lipinski definition) is 1. The van der Waals surface area contributed by atoms with Crippen molar-refractivity contribution in [2.45, 2.75) is 38.7 Å². The summed E-state index contributed by atoms with van der Waals surface area (Å²) >= 11 is 0. The zero-order valence-electron chi connectivity index (χ0n) is 8.35. The van der Waals surface area contributed by atoms with E-state index in [1.807, 2.05) is 13.8 Å². The minimum Gasteiger partial charge on any atom is -0.459 e. The molecule has 2 aliphatic heterocycles. The summed E-state index contributed by atoms with van der Waals surface area (Å²) in [5, 5.41) is 3.29. The van der Waals surface area contributed by atoms with Gasteiger partial charge in [0.1, 0.15) is 5.60 Å². The van der Waals surface area contributed by atoms with E-state index in [4.69, 9.17) is 4.74 Å². The van der Waals surface area contributed by atoms with E-state index in [-0.39, 0.29) is 17.0 Å². The third kappa shape index (κ3) is 1.46. The minimum atomic E-state index is -0.267. The highest BCUT2D eigenvalue weighted by atomic mass is 16.6. The topological polar surface area (TPSA) is 38.3 Å². The Morgan fingerprint density at radius 3 is 2.38 bits per heavy atom. The maximum atomic E-state index is 11.5. The average molecular weight is 183 g/mol. The SMILES string of the molecule is CC1(C)CC2(CCNCC2)OC1=O. The van der Waals surface area contributed by atoms with Gasteiger partial charge in [-0.25, -0.2) is 0 Å². The molecule has 0 aliphatic carbocycles. The van der Waals surface area contributed by atoms with Crippen LogP contribution >= 0.6 is 0 Å². The summed E-state index contributed by atoms with van der Waals surface area (Å²) in [5.74, 6) is -0.0191. The lowest BCUT2D eigenvalue weighted by Gasteiger charge is -2.32. The summed E-state index contributed by atoms with van der Waals surface area (Å²) in [6.45, 7) is 5.91. The summed E-state index contributed by atoms with van der Waals surface area (Å²) in [4.78, 5) is 11.5. The maximum absolute atomic E-state index is 11.5.